The molecule has 3 aromatic rings. The summed E-state index contributed by atoms with van der Waals surface area (Å²) in [5, 5.41) is 13.8. The zero-order chi connectivity index (χ0) is 40.5. The quantitative estimate of drug-likeness (QED) is 0.247. The van der Waals surface area contributed by atoms with Crippen molar-refractivity contribution in [3.8, 4) is 16.9 Å². The standard InChI is InChI=1S/C44H55FN4O7/c1-27(29-15-17-30(18-16-29)32-11-8-9-13-35(32)45)46-39(51)36-23-31(50)24-48(36)41(53)38(43(2,3)4)49-25-34-33(40(49)52)12-10-14-37(34)55-26-28-19-21-47(22-20-28)42(54)56-44(5,6)7/h8-18,27-28,31,36,38,50H,19-26H2,1-7H3,(H,46,51)/t27-,31+,36-,38+/m0/s1. The number of halogens is 1. The molecule has 0 aromatic heterocycles. The molecule has 3 aromatic carbocycles. The third kappa shape index (κ3) is 9.01. The smallest absolute Gasteiger partial charge is 0.410 e. The van der Waals surface area contributed by atoms with Crippen molar-refractivity contribution in [2.45, 2.75) is 104 Å². The van der Waals surface area contributed by atoms with Crippen LogP contribution >= 0.6 is 0 Å². The molecule has 300 valence electrons. The van der Waals surface area contributed by atoms with Crippen LogP contribution in [0.5, 0.6) is 5.75 Å². The van der Waals surface area contributed by atoms with Crippen LogP contribution in [0.15, 0.2) is 66.7 Å². The van der Waals surface area contributed by atoms with Crippen LogP contribution in [-0.4, -0.2) is 93.7 Å². The number of benzene rings is 3. The van der Waals surface area contributed by atoms with Crippen LogP contribution in [0, 0.1) is 17.2 Å². The van der Waals surface area contributed by atoms with Crippen molar-refractivity contribution in [3.05, 3.63) is 89.2 Å². The summed E-state index contributed by atoms with van der Waals surface area (Å²) < 4.78 is 26.2. The van der Waals surface area contributed by atoms with Crippen molar-refractivity contribution in [1.82, 2.24) is 20.0 Å². The fourth-order valence-electron chi connectivity index (χ4n) is 7.96. The van der Waals surface area contributed by atoms with Crippen LogP contribution in [0.25, 0.3) is 11.1 Å². The van der Waals surface area contributed by atoms with Gasteiger partial charge in [-0.25, -0.2) is 9.18 Å². The second-order valence-corrected chi connectivity index (χ2v) is 17.4. The molecule has 0 aliphatic carbocycles. The minimum Gasteiger partial charge on any atom is -0.493 e. The highest BCUT2D eigenvalue weighted by Crippen LogP contribution is 2.38. The van der Waals surface area contributed by atoms with Gasteiger partial charge in [0.25, 0.3) is 5.91 Å². The van der Waals surface area contributed by atoms with Gasteiger partial charge >= 0.3 is 6.09 Å². The highest BCUT2D eigenvalue weighted by Gasteiger charge is 2.49. The van der Waals surface area contributed by atoms with E-state index in [1.165, 1.54) is 11.0 Å². The SMILES string of the molecule is C[C@H](NC(=O)[C@@H]1C[C@@H](O)CN1C(=O)[C@@H](N1Cc2c(OCC3CCN(C(=O)OC(C)(C)C)CC3)cccc2C1=O)C(C)(C)C)c1ccc(-c2ccccc2F)cc1. The third-order valence-electron chi connectivity index (χ3n) is 10.9. The lowest BCUT2D eigenvalue weighted by Gasteiger charge is -2.40. The first kappa shape index (κ1) is 40.7. The molecule has 3 aliphatic heterocycles. The molecule has 11 nitrogen and oxygen atoms in total. The lowest BCUT2D eigenvalue weighted by Crippen LogP contribution is -2.58. The average molecular weight is 771 g/mol. The molecule has 0 radical (unpaired) electrons. The number of aliphatic hydroxyl groups excluding tert-OH is 1. The van der Waals surface area contributed by atoms with Gasteiger partial charge in [0.1, 0.15) is 29.3 Å². The number of aliphatic hydroxyl groups is 1. The molecule has 3 heterocycles. The minimum atomic E-state index is -0.941. The van der Waals surface area contributed by atoms with Crippen LogP contribution in [0.3, 0.4) is 0 Å². The molecular weight excluding hydrogens is 716 g/mol. The molecule has 2 saturated heterocycles. The van der Waals surface area contributed by atoms with Gasteiger partial charge in [-0.15, -0.1) is 0 Å². The van der Waals surface area contributed by atoms with Crippen molar-refractivity contribution in [1.29, 1.82) is 0 Å². The van der Waals surface area contributed by atoms with Crippen molar-refractivity contribution in [3.63, 3.8) is 0 Å². The zero-order valence-electron chi connectivity index (χ0n) is 33.5. The second kappa shape index (κ2) is 16.3. The Hall–Kier alpha value is -4.97. The highest BCUT2D eigenvalue weighted by atomic mass is 19.1. The number of rotatable bonds is 9. The molecule has 2 N–H and O–H groups in total. The predicted octanol–water partition coefficient (Wildman–Crippen LogP) is 6.73. The maximum absolute atomic E-state index is 14.6. The van der Waals surface area contributed by atoms with E-state index in [1.807, 2.05) is 66.7 Å². The summed E-state index contributed by atoms with van der Waals surface area (Å²) in [6.07, 6.45) is 0.367. The summed E-state index contributed by atoms with van der Waals surface area (Å²) in [6.45, 7) is 14.7. The van der Waals surface area contributed by atoms with E-state index >= 15 is 0 Å². The van der Waals surface area contributed by atoms with Crippen LogP contribution in [-0.2, 0) is 20.9 Å². The van der Waals surface area contributed by atoms with E-state index < -0.39 is 47.1 Å². The van der Waals surface area contributed by atoms with E-state index in [2.05, 4.69) is 5.32 Å². The summed E-state index contributed by atoms with van der Waals surface area (Å²) in [7, 11) is 0. The van der Waals surface area contributed by atoms with Crippen molar-refractivity contribution < 1.29 is 38.1 Å². The van der Waals surface area contributed by atoms with Gasteiger partial charge < -0.3 is 34.6 Å². The number of fused-ring (bicyclic) bond motifs is 1. The van der Waals surface area contributed by atoms with Gasteiger partial charge in [-0.1, -0.05) is 69.3 Å². The summed E-state index contributed by atoms with van der Waals surface area (Å²) >= 11 is 0. The Morgan fingerprint density at radius 2 is 1.59 bits per heavy atom. The summed E-state index contributed by atoms with van der Waals surface area (Å²) in [4.78, 5) is 59.7. The Morgan fingerprint density at radius 3 is 2.23 bits per heavy atom. The monoisotopic (exact) mass is 770 g/mol. The Labute approximate surface area is 329 Å². The zero-order valence-corrected chi connectivity index (χ0v) is 33.5. The lowest BCUT2D eigenvalue weighted by molar-refractivity contribution is -0.145. The minimum absolute atomic E-state index is 0.0364. The predicted molar refractivity (Wildman–Crippen MR) is 210 cm³/mol. The lowest BCUT2D eigenvalue weighted by atomic mass is 9.84. The van der Waals surface area contributed by atoms with Crippen LogP contribution < -0.4 is 10.1 Å². The van der Waals surface area contributed by atoms with E-state index in [0.29, 0.717) is 47.7 Å². The molecule has 12 heteroatoms. The molecule has 0 bridgehead atoms. The van der Waals surface area contributed by atoms with E-state index in [1.54, 1.807) is 52.3 Å². The van der Waals surface area contributed by atoms with Crippen molar-refractivity contribution in [2.24, 2.45) is 11.3 Å². The molecule has 56 heavy (non-hydrogen) atoms. The first-order valence-corrected chi connectivity index (χ1v) is 19.6. The number of likely N-dealkylation sites (tertiary alicyclic amines) is 2. The van der Waals surface area contributed by atoms with E-state index in [0.717, 1.165) is 18.4 Å². The molecule has 6 rings (SSSR count). The van der Waals surface area contributed by atoms with E-state index in [9.17, 15) is 28.7 Å². The summed E-state index contributed by atoms with van der Waals surface area (Å²) in [5.41, 5.74) is 1.89. The summed E-state index contributed by atoms with van der Waals surface area (Å²) in [6, 6.07) is 16.9. The molecule has 0 unspecified atom stereocenters. The number of carbonyl (C=O) groups is 4. The van der Waals surface area contributed by atoms with Gasteiger partial charge in [0.15, 0.2) is 0 Å². The van der Waals surface area contributed by atoms with Gasteiger partial charge in [-0.2, -0.15) is 0 Å². The van der Waals surface area contributed by atoms with Crippen LogP contribution in [0.4, 0.5) is 9.18 Å². The number of nitrogens with zero attached hydrogens (tertiary/aromatic N) is 3. The number of hydrogen-bond acceptors (Lipinski definition) is 7. The number of β-amino-alcohol motifs (C(OH)–C–C–N with tert-alkyl or cyclic N) is 1. The maximum atomic E-state index is 14.6. The Morgan fingerprint density at radius 1 is 0.929 bits per heavy atom. The molecular formula is C44H55FN4O7. The number of piperidine rings is 1. The van der Waals surface area contributed by atoms with Crippen LogP contribution in [0.2, 0.25) is 0 Å². The van der Waals surface area contributed by atoms with E-state index in [4.69, 9.17) is 9.47 Å². The van der Waals surface area contributed by atoms with Gasteiger partial charge in [0.2, 0.25) is 11.8 Å². The number of nitrogens with one attached hydrogen (secondary N) is 1. The number of ether oxygens (including phenoxy) is 2. The molecule has 4 amide bonds. The van der Waals surface area contributed by atoms with E-state index in [-0.39, 0.29) is 43.2 Å². The molecule has 0 spiro atoms. The number of carbonyl (C=O) groups excluding carboxylic acids is 4. The van der Waals surface area contributed by atoms with Gasteiger partial charge in [0.05, 0.1) is 25.3 Å². The average Bonchev–Trinajstić information content (AvgIpc) is 3.69. The number of hydrogen-bond donors (Lipinski definition) is 2. The summed E-state index contributed by atoms with van der Waals surface area (Å²) in [5.74, 6) is -0.630. The Bertz CT molecular complexity index is 1930. The van der Waals surface area contributed by atoms with Gasteiger partial charge in [-0.3, -0.25) is 14.4 Å². The molecule has 4 atom stereocenters. The maximum Gasteiger partial charge on any atom is 0.410 e. The first-order chi connectivity index (χ1) is 26.4. The fourth-order valence-corrected chi connectivity index (χ4v) is 7.96. The van der Waals surface area contributed by atoms with Crippen LogP contribution in [0.1, 0.15) is 95.3 Å². The topological polar surface area (TPSA) is 129 Å². The van der Waals surface area contributed by atoms with Gasteiger partial charge in [-0.05, 0) is 81.2 Å². The first-order valence-electron chi connectivity index (χ1n) is 19.6. The Kier molecular flexibility index (Phi) is 11.8. The van der Waals surface area contributed by atoms with Gasteiger partial charge in [0, 0.05) is 42.7 Å². The van der Waals surface area contributed by atoms with Crippen molar-refractivity contribution >= 4 is 23.8 Å². The fraction of sp³-hybridized carbons (Fsp3) is 0.500. The molecule has 2 fully saturated rings. The second-order valence-electron chi connectivity index (χ2n) is 17.4. The largest absolute Gasteiger partial charge is 0.493 e. The Balaban J connectivity index is 1.12. The normalized spacial score (nSPS) is 20.1. The van der Waals surface area contributed by atoms with Crippen molar-refractivity contribution in [2.75, 3.05) is 26.2 Å². The third-order valence-corrected chi connectivity index (χ3v) is 10.9. The highest BCUT2D eigenvalue weighted by molar-refractivity contribution is 6.02. The molecule has 3 aliphatic rings. The molecule has 0 saturated carbocycles. The number of amides is 4.